The minimum absolute atomic E-state index is 0.255. The van der Waals surface area contributed by atoms with Crippen molar-refractivity contribution in [1.29, 1.82) is 0 Å². The molecule has 4 aromatic rings. The van der Waals surface area contributed by atoms with Crippen molar-refractivity contribution in [3.8, 4) is 11.4 Å². The highest BCUT2D eigenvalue weighted by molar-refractivity contribution is 7.76. The molecular weight excluding hydrogens is 576 g/mol. The molecule has 42 heavy (non-hydrogen) atoms. The van der Waals surface area contributed by atoms with Gasteiger partial charge in [-0.1, -0.05) is 18.6 Å². The number of anilines is 1. The Morgan fingerprint density at radius 1 is 1.07 bits per heavy atom. The van der Waals surface area contributed by atoms with Gasteiger partial charge in [-0.05, 0) is 25.0 Å². The number of carbonyl (C=O) groups excluding carboxylic acids is 1. The molecule has 0 spiro atoms. The molecule has 1 atom stereocenters. The number of morpholine rings is 1. The Balaban J connectivity index is 1.29. The first-order valence-corrected chi connectivity index (χ1v) is 16.3. The largest absolute Gasteiger partial charge is 0.378 e. The van der Waals surface area contributed by atoms with Gasteiger partial charge in [0, 0.05) is 74.6 Å². The van der Waals surface area contributed by atoms with E-state index in [1.54, 1.807) is 15.6 Å². The van der Waals surface area contributed by atoms with Gasteiger partial charge in [-0.15, -0.1) is 11.3 Å². The Morgan fingerprint density at radius 2 is 1.88 bits per heavy atom. The predicted molar refractivity (Wildman–Crippen MR) is 164 cm³/mol. The average Bonchev–Trinajstić information content (AvgIpc) is 3.60. The Morgan fingerprint density at radius 3 is 2.64 bits per heavy atom. The molecule has 2 aliphatic rings. The van der Waals surface area contributed by atoms with Crippen molar-refractivity contribution in [2.75, 3.05) is 57.4 Å². The number of thiophene rings is 1. The van der Waals surface area contributed by atoms with E-state index in [0.29, 0.717) is 38.5 Å². The van der Waals surface area contributed by atoms with E-state index in [1.165, 1.54) is 4.88 Å². The average molecular weight is 613 g/mol. The number of amides is 1. The Hall–Kier alpha value is -3.01. The van der Waals surface area contributed by atoms with E-state index in [4.69, 9.17) is 20.4 Å². The standard InChI is InChI=1S/C28H36N8O4S2/c29-25(37)7-2-1-3-8-36-24-6-4-5-21(22(24)18-30-36)27-31-23-17-20(19-33-9-11-35(12-10-33)42(38)39)41-26(23)28(32-27)34-13-15-40-16-14-34/h4-6,17-18H,1-3,7-16,19H2,(H2,29,37)(H,38,39). The van der Waals surface area contributed by atoms with Gasteiger partial charge in [0.25, 0.3) is 0 Å². The first-order valence-electron chi connectivity index (χ1n) is 14.4. The zero-order valence-corrected chi connectivity index (χ0v) is 25.1. The lowest BCUT2D eigenvalue weighted by atomic mass is 10.1. The van der Waals surface area contributed by atoms with Crippen LogP contribution in [0.15, 0.2) is 30.5 Å². The number of benzene rings is 1. The van der Waals surface area contributed by atoms with Gasteiger partial charge in [0.2, 0.25) is 17.2 Å². The van der Waals surface area contributed by atoms with Crippen LogP contribution in [0.2, 0.25) is 0 Å². The topological polar surface area (TPSA) is 143 Å². The SMILES string of the molecule is NC(=O)CCCCCn1ncc2c(-c3nc(N4CCOCC4)c4sc(CN5CCN(S(=O)O)CC5)cc4n3)cccc21. The number of aryl methyl sites for hydroxylation is 1. The molecule has 0 saturated carbocycles. The van der Waals surface area contributed by atoms with Gasteiger partial charge in [-0.2, -0.15) is 9.40 Å². The van der Waals surface area contributed by atoms with Crippen LogP contribution < -0.4 is 10.6 Å². The normalized spacial score (nSPS) is 17.8. The summed E-state index contributed by atoms with van der Waals surface area (Å²) in [6, 6.07) is 8.33. The summed E-state index contributed by atoms with van der Waals surface area (Å²) < 4.78 is 31.1. The summed E-state index contributed by atoms with van der Waals surface area (Å²) in [5.74, 6) is 1.36. The second-order valence-corrected chi connectivity index (χ2v) is 12.8. The first-order chi connectivity index (χ1) is 20.5. The number of piperazine rings is 1. The lowest BCUT2D eigenvalue weighted by Gasteiger charge is -2.31. The van der Waals surface area contributed by atoms with Crippen LogP contribution in [0.25, 0.3) is 32.5 Å². The van der Waals surface area contributed by atoms with Crippen molar-refractivity contribution >= 4 is 55.4 Å². The van der Waals surface area contributed by atoms with Gasteiger partial charge in [0.1, 0.15) is 0 Å². The third-order valence-corrected chi connectivity index (χ3v) is 9.78. The van der Waals surface area contributed by atoms with Crippen LogP contribution in [0.1, 0.15) is 30.6 Å². The summed E-state index contributed by atoms with van der Waals surface area (Å²) in [5.41, 5.74) is 8.18. The quantitative estimate of drug-likeness (QED) is 0.193. The number of hydrogen-bond donors (Lipinski definition) is 2. The molecule has 0 bridgehead atoms. The molecule has 0 aliphatic carbocycles. The minimum Gasteiger partial charge on any atom is -0.378 e. The lowest BCUT2D eigenvalue weighted by Crippen LogP contribution is -2.46. The van der Waals surface area contributed by atoms with Crippen LogP contribution >= 0.6 is 11.3 Å². The second kappa shape index (κ2) is 13.1. The maximum Gasteiger partial charge on any atom is 0.234 e. The van der Waals surface area contributed by atoms with Crippen molar-refractivity contribution in [1.82, 2.24) is 29.0 Å². The van der Waals surface area contributed by atoms with Crippen LogP contribution in [-0.2, 0) is 33.9 Å². The van der Waals surface area contributed by atoms with Crippen LogP contribution in [0.3, 0.4) is 0 Å². The molecule has 12 nitrogen and oxygen atoms in total. The van der Waals surface area contributed by atoms with Gasteiger partial charge < -0.3 is 15.4 Å². The van der Waals surface area contributed by atoms with E-state index >= 15 is 0 Å². The number of fused-ring (bicyclic) bond motifs is 2. The van der Waals surface area contributed by atoms with Crippen molar-refractivity contribution in [2.24, 2.45) is 5.73 Å². The Kier molecular flexibility index (Phi) is 9.07. The van der Waals surface area contributed by atoms with Crippen molar-refractivity contribution < 1.29 is 18.3 Å². The maximum absolute atomic E-state index is 11.4. The van der Waals surface area contributed by atoms with E-state index in [1.807, 2.05) is 16.9 Å². The van der Waals surface area contributed by atoms with Gasteiger partial charge in [-0.25, -0.2) is 14.2 Å². The number of aromatic nitrogens is 4. The molecule has 6 rings (SSSR count). The van der Waals surface area contributed by atoms with E-state index < -0.39 is 11.3 Å². The monoisotopic (exact) mass is 612 g/mol. The molecule has 2 aliphatic heterocycles. The number of nitrogens with two attached hydrogens (primary N) is 1. The molecule has 3 N–H and O–H groups in total. The van der Waals surface area contributed by atoms with Crippen molar-refractivity contribution in [2.45, 2.75) is 38.8 Å². The molecular formula is C28H36N8O4S2. The fraction of sp³-hybridized carbons (Fsp3) is 0.500. The van der Waals surface area contributed by atoms with E-state index in [9.17, 15) is 13.6 Å². The molecule has 1 aromatic carbocycles. The number of carbonyl (C=O) groups is 1. The van der Waals surface area contributed by atoms with Crippen molar-refractivity contribution in [3.63, 3.8) is 0 Å². The van der Waals surface area contributed by atoms with Crippen LogP contribution in [0, 0.1) is 0 Å². The summed E-state index contributed by atoms with van der Waals surface area (Å²) >= 11 is -0.185. The molecule has 1 amide bonds. The second-order valence-electron chi connectivity index (χ2n) is 10.7. The van der Waals surface area contributed by atoms with E-state index in [0.717, 1.165) is 91.0 Å². The number of rotatable bonds is 11. The fourth-order valence-electron chi connectivity index (χ4n) is 5.63. The van der Waals surface area contributed by atoms with Crippen LogP contribution in [-0.4, -0.2) is 96.1 Å². The third kappa shape index (κ3) is 6.48. The lowest BCUT2D eigenvalue weighted by molar-refractivity contribution is -0.118. The molecule has 5 heterocycles. The summed E-state index contributed by atoms with van der Waals surface area (Å²) in [5, 5.41) is 5.69. The smallest absolute Gasteiger partial charge is 0.234 e. The van der Waals surface area contributed by atoms with E-state index in [2.05, 4.69) is 33.1 Å². The molecule has 1 unspecified atom stereocenters. The van der Waals surface area contributed by atoms with Crippen LogP contribution in [0.4, 0.5) is 5.82 Å². The summed E-state index contributed by atoms with van der Waals surface area (Å²) in [6.07, 6.45) is 4.95. The highest BCUT2D eigenvalue weighted by atomic mass is 32.2. The van der Waals surface area contributed by atoms with Gasteiger partial charge in [-0.3, -0.25) is 18.9 Å². The zero-order chi connectivity index (χ0) is 29.1. The minimum atomic E-state index is -1.91. The Bertz CT molecular complexity index is 1580. The molecule has 2 saturated heterocycles. The van der Waals surface area contributed by atoms with Gasteiger partial charge >= 0.3 is 0 Å². The Labute approximate surface area is 250 Å². The number of hydrogen-bond acceptors (Lipinski definition) is 9. The highest BCUT2D eigenvalue weighted by Gasteiger charge is 2.24. The number of ether oxygens (including phenoxy) is 1. The van der Waals surface area contributed by atoms with Crippen molar-refractivity contribution in [3.05, 3.63) is 35.3 Å². The molecule has 2 fully saturated rings. The predicted octanol–water partition coefficient (Wildman–Crippen LogP) is 2.84. The molecule has 14 heteroatoms. The van der Waals surface area contributed by atoms with Crippen LogP contribution in [0.5, 0.6) is 0 Å². The molecule has 0 radical (unpaired) electrons. The third-order valence-electron chi connectivity index (χ3n) is 7.87. The van der Waals surface area contributed by atoms with Gasteiger partial charge in [0.15, 0.2) is 11.6 Å². The summed E-state index contributed by atoms with van der Waals surface area (Å²) in [4.78, 5) is 27.1. The summed E-state index contributed by atoms with van der Waals surface area (Å²) in [6.45, 7) is 7.04. The summed E-state index contributed by atoms with van der Waals surface area (Å²) in [7, 11) is 0. The maximum atomic E-state index is 11.4. The molecule has 224 valence electrons. The molecule has 3 aromatic heterocycles. The fourth-order valence-corrected chi connectivity index (χ4v) is 7.26. The highest BCUT2D eigenvalue weighted by Crippen LogP contribution is 2.36. The van der Waals surface area contributed by atoms with Gasteiger partial charge in [0.05, 0.1) is 35.1 Å². The van der Waals surface area contributed by atoms with E-state index in [-0.39, 0.29) is 5.91 Å². The number of unbranched alkanes of at least 4 members (excludes halogenated alkanes) is 2. The number of nitrogens with zero attached hydrogens (tertiary/aromatic N) is 7. The number of primary amides is 1. The first kappa shape index (κ1) is 29.1. The zero-order valence-electron chi connectivity index (χ0n) is 23.5.